The minimum absolute atomic E-state index is 0.0537. The van der Waals surface area contributed by atoms with Crippen LogP contribution in [0.3, 0.4) is 0 Å². The number of hydrogen-bond acceptors (Lipinski definition) is 5. The fraction of sp³-hybridized carbons (Fsp3) is 0.250. The predicted molar refractivity (Wildman–Crippen MR) is 127 cm³/mol. The van der Waals surface area contributed by atoms with Gasteiger partial charge in [0.25, 0.3) is 11.8 Å². The van der Waals surface area contributed by atoms with Crippen molar-refractivity contribution in [3.8, 4) is 12.3 Å². The van der Waals surface area contributed by atoms with Crippen molar-refractivity contribution in [1.82, 2.24) is 4.90 Å². The van der Waals surface area contributed by atoms with E-state index in [1.807, 2.05) is 0 Å². The van der Waals surface area contributed by atoms with Crippen LogP contribution < -0.4 is 10.6 Å². The van der Waals surface area contributed by atoms with E-state index in [0.717, 1.165) is 31.1 Å². The van der Waals surface area contributed by atoms with Crippen molar-refractivity contribution in [3.05, 3.63) is 59.7 Å². The lowest BCUT2D eigenvalue weighted by atomic mass is 10.1. The number of aliphatic imine (C=N–C) groups is 1. The average Bonchev–Trinajstić information content (AvgIpc) is 3.45. The van der Waals surface area contributed by atoms with Crippen LogP contribution >= 0.6 is 11.8 Å². The number of carbonyl (C=O) groups excluding carboxylic acids is 3. The maximum Gasteiger partial charge on any atom is 0.262 e. The molecule has 4 rings (SSSR count). The summed E-state index contributed by atoms with van der Waals surface area (Å²) in [6.45, 7) is 1.82. The van der Waals surface area contributed by atoms with Crippen LogP contribution in [0, 0.1) is 12.3 Å². The molecule has 0 bridgehead atoms. The molecule has 8 heteroatoms. The maximum absolute atomic E-state index is 12.4. The summed E-state index contributed by atoms with van der Waals surface area (Å²) in [5.41, 5.74) is 2.28. The number of carbonyl (C=O) groups is 3. The van der Waals surface area contributed by atoms with Gasteiger partial charge in [0.1, 0.15) is 5.25 Å². The van der Waals surface area contributed by atoms with E-state index >= 15 is 0 Å². The van der Waals surface area contributed by atoms with Gasteiger partial charge in [0.2, 0.25) is 5.91 Å². The molecule has 2 N–H and O–H groups in total. The summed E-state index contributed by atoms with van der Waals surface area (Å²) >= 11 is 1.37. The van der Waals surface area contributed by atoms with Crippen molar-refractivity contribution in [2.75, 3.05) is 23.7 Å². The molecular weight excluding hydrogens is 424 g/mol. The number of amidine groups is 1. The van der Waals surface area contributed by atoms with Gasteiger partial charge in [-0.25, -0.2) is 0 Å². The van der Waals surface area contributed by atoms with E-state index in [0.29, 0.717) is 22.5 Å². The number of nitrogens with zero attached hydrogens (tertiary/aromatic N) is 2. The second-order valence-electron chi connectivity index (χ2n) is 7.54. The molecule has 32 heavy (non-hydrogen) atoms. The summed E-state index contributed by atoms with van der Waals surface area (Å²) in [6.07, 6.45) is 7.64. The largest absolute Gasteiger partial charge is 0.351 e. The molecule has 1 saturated heterocycles. The van der Waals surface area contributed by atoms with Gasteiger partial charge in [0.05, 0.1) is 0 Å². The van der Waals surface area contributed by atoms with Crippen LogP contribution in [0.1, 0.15) is 35.2 Å². The molecule has 7 nitrogen and oxygen atoms in total. The highest BCUT2D eigenvalue weighted by atomic mass is 32.2. The summed E-state index contributed by atoms with van der Waals surface area (Å²) in [5, 5.41) is 5.82. The Bertz CT molecular complexity index is 1110. The molecule has 2 aromatic carbocycles. The Morgan fingerprint density at radius 1 is 1.09 bits per heavy atom. The van der Waals surface area contributed by atoms with Crippen LogP contribution in [-0.4, -0.2) is 46.1 Å². The number of hydrogen-bond donors (Lipinski definition) is 2. The highest BCUT2D eigenvalue weighted by molar-refractivity contribution is 8.15. The SMILES string of the molecule is C#Cc1cccc(NC(=O)c2ccc(NC(=O)CC3SC(N4CCCC4)=NC3=O)cc2)c1. The number of benzene rings is 2. The van der Waals surface area contributed by atoms with Gasteiger partial charge in [-0.2, -0.15) is 4.99 Å². The van der Waals surface area contributed by atoms with E-state index in [9.17, 15) is 14.4 Å². The van der Waals surface area contributed by atoms with Crippen molar-refractivity contribution < 1.29 is 14.4 Å². The average molecular weight is 447 g/mol. The Kier molecular flexibility index (Phi) is 6.57. The topological polar surface area (TPSA) is 90.9 Å². The van der Waals surface area contributed by atoms with Crippen LogP contribution in [0.2, 0.25) is 0 Å². The third-order valence-electron chi connectivity index (χ3n) is 5.19. The Morgan fingerprint density at radius 2 is 1.84 bits per heavy atom. The quantitative estimate of drug-likeness (QED) is 0.688. The highest BCUT2D eigenvalue weighted by Crippen LogP contribution is 2.29. The van der Waals surface area contributed by atoms with E-state index in [1.165, 1.54) is 11.8 Å². The van der Waals surface area contributed by atoms with E-state index in [1.54, 1.807) is 48.5 Å². The molecule has 2 heterocycles. The van der Waals surface area contributed by atoms with E-state index in [-0.39, 0.29) is 24.1 Å². The van der Waals surface area contributed by atoms with E-state index in [4.69, 9.17) is 6.42 Å². The molecule has 1 fully saturated rings. The van der Waals surface area contributed by atoms with Crippen molar-refractivity contribution >= 4 is 46.0 Å². The molecule has 1 unspecified atom stereocenters. The minimum atomic E-state index is -0.491. The van der Waals surface area contributed by atoms with Gasteiger partial charge in [-0.05, 0) is 55.3 Å². The highest BCUT2D eigenvalue weighted by Gasteiger charge is 2.33. The van der Waals surface area contributed by atoms with Crippen molar-refractivity contribution in [2.24, 2.45) is 4.99 Å². The van der Waals surface area contributed by atoms with Crippen molar-refractivity contribution in [2.45, 2.75) is 24.5 Å². The zero-order chi connectivity index (χ0) is 22.5. The van der Waals surface area contributed by atoms with Crippen LogP contribution in [-0.2, 0) is 9.59 Å². The molecule has 3 amide bonds. The molecule has 2 aliphatic heterocycles. The number of terminal acetylenes is 1. The number of likely N-dealkylation sites (tertiary alicyclic amines) is 1. The smallest absolute Gasteiger partial charge is 0.262 e. The molecule has 0 radical (unpaired) electrons. The van der Waals surface area contributed by atoms with Gasteiger partial charge in [-0.15, -0.1) is 6.42 Å². The monoisotopic (exact) mass is 446 g/mol. The van der Waals surface area contributed by atoms with E-state index in [2.05, 4.69) is 26.4 Å². The molecule has 0 aromatic heterocycles. The summed E-state index contributed by atoms with van der Waals surface area (Å²) < 4.78 is 0. The maximum atomic E-state index is 12.4. The lowest BCUT2D eigenvalue weighted by Gasteiger charge is -2.16. The zero-order valence-corrected chi connectivity index (χ0v) is 18.2. The third kappa shape index (κ3) is 5.18. The number of anilines is 2. The lowest BCUT2D eigenvalue weighted by molar-refractivity contribution is -0.121. The first kappa shape index (κ1) is 21.7. The summed E-state index contributed by atoms with van der Waals surface area (Å²) in [4.78, 5) is 43.3. The second kappa shape index (κ2) is 9.71. The van der Waals surface area contributed by atoms with E-state index < -0.39 is 5.25 Å². The molecule has 0 spiro atoms. The van der Waals surface area contributed by atoms with Gasteiger partial charge in [-0.1, -0.05) is 23.7 Å². The predicted octanol–water partition coefficient (Wildman–Crippen LogP) is 3.34. The second-order valence-corrected chi connectivity index (χ2v) is 8.71. The molecule has 0 saturated carbocycles. The number of nitrogens with one attached hydrogen (secondary N) is 2. The summed E-state index contributed by atoms with van der Waals surface area (Å²) in [6, 6.07) is 13.6. The fourth-order valence-electron chi connectivity index (χ4n) is 3.53. The van der Waals surface area contributed by atoms with Crippen molar-refractivity contribution in [3.63, 3.8) is 0 Å². The van der Waals surface area contributed by atoms with Gasteiger partial charge >= 0.3 is 0 Å². The Hall–Kier alpha value is -3.57. The Balaban J connectivity index is 1.29. The number of rotatable bonds is 5. The fourth-order valence-corrected chi connectivity index (χ4v) is 4.65. The molecule has 2 aliphatic rings. The lowest BCUT2D eigenvalue weighted by Crippen LogP contribution is -2.25. The molecule has 0 aliphatic carbocycles. The first-order valence-corrected chi connectivity index (χ1v) is 11.2. The zero-order valence-electron chi connectivity index (χ0n) is 17.3. The Labute approximate surface area is 190 Å². The molecule has 2 aromatic rings. The molecule has 162 valence electrons. The molecule has 1 atom stereocenters. The van der Waals surface area contributed by atoms with Gasteiger partial charge < -0.3 is 15.5 Å². The summed E-state index contributed by atoms with van der Waals surface area (Å²) in [7, 11) is 0. The van der Waals surface area contributed by atoms with Crippen molar-refractivity contribution in [1.29, 1.82) is 0 Å². The molecular formula is C24H22N4O3S. The van der Waals surface area contributed by atoms with Gasteiger partial charge in [0.15, 0.2) is 5.17 Å². The third-order valence-corrected chi connectivity index (χ3v) is 6.41. The summed E-state index contributed by atoms with van der Waals surface area (Å²) in [5.74, 6) is 1.72. The number of amides is 3. The van der Waals surface area contributed by atoms with Crippen LogP contribution in [0.25, 0.3) is 0 Å². The van der Waals surface area contributed by atoms with Crippen LogP contribution in [0.15, 0.2) is 53.5 Å². The standard InChI is InChI=1S/C24H22N4O3S/c1-2-16-6-5-7-19(14-16)26-22(30)17-8-10-18(11-9-17)25-21(29)15-20-23(31)27-24(32-20)28-12-3-4-13-28/h1,5-11,14,20H,3-4,12-13,15H2,(H,25,29)(H,26,30). The first-order valence-electron chi connectivity index (χ1n) is 10.3. The Morgan fingerprint density at radius 3 is 2.56 bits per heavy atom. The number of thioether (sulfide) groups is 1. The van der Waals surface area contributed by atoms with Gasteiger partial charge in [-0.3, -0.25) is 14.4 Å². The normalized spacial score (nSPS) is 17.6. The van der Waals surface area contributed by atoms with Gasteiger partial charge in [0, 0.05) is 42.0 Å². The minimum Gasteiger partial charge on any atom is -0.351 e. The van der Waals surface area contributed by atoms with Crippen LogP contribution in [0.5, 0.6) is 0 Å². The first-order chi connectivity index (χ1) is 15.5. The van der Waals surface area contributed by atoms with Crippen LogP contribution in [0.4, 0.5) is 11.4 Å².